The van der Waals surface area contributed by atoms with Crippen LogP contribution in [0.15, 0.2) is 48.5 Å². The van der Waals surface area contributed by atoms with Crippen LogP contribution in [0.3, 0.4) is 0 Å². The van der Waals surface area contributed by atoms with Crippen molar-refractivity contribution in [2.45, 2.75) is 86.0 Å². The Labute approximate surface area is 253 Å². The van der Waals surface area contributed by atoms with Gasteiger partial charge in [0.1, 0.15) is 29.1 Å². The van der Waals surface area contributed by atoms with Gasteiger partial charge in [-0.3, -0.25) is 0 Å². The summed E-state index contributed by atoms with van der Waals surface area (Å²) in [5.41, 5.74) is 3.58. The summed E-state index contributed by atoms with van der Waals surface area (Å²) >= 11 is 0. The number of hydrogen-bond acceptors (Lipinski definition) is 9. The second-order valence-corrected chi connectivity index (χ2v) is 12.1. The number of aryl methyl sites for hydroxylation is 1. The molecule has 5 rings (SSSR count). The molecular weight excluding hydrogens is 534 g/mol. The maximum atomic E-state index is 4.91. The zero-order valence-electron chi connectivity index (χ0n) is 26.5. The second-order valence-electron chi connectivity index (χ2n) is 12.1. The highest BCUT2D eigenvalue weighted by Crippen LogP contribution is 2.28. The van der Waals surface area contributed by atoms with Gasteiger partial charge in [0, 0.05) is 45.9 Å². The highest BCUT2D eigenvalue weighted by atomic mass is 15.1. The first kappa shape index (κ1) is 29.9. The maximum absolute atomic E-state index is 4.91. The normalized spacial score (nSPS) is 11.7. The molecule has 5 aromatic rings. The Morgan fingerprint density at radius 2 is 0.721 bits per heavy atom. The smallest absolute Gasteiger partial charge is 0.163 e. The average molecular weight is 574 g/mol. The molecule has 0 spiro atoms. The summed E-state index contributed by atoms with van der Waals surface area (Å²) in [6, 6.07) is 16.1. The minimum atomic E-state index is 0.122. The van der Waals surface area contributed by atoms with E-state index in [2.05, 4.69) is 70.3 Å². The minimum absolute atomic E-state index is 0.122. The molecule has 0 unspecified atom stereocenters. The van der Waals surface area contributed by atoms with Gasteiger partial charge < -0.3 is 0 Å². The molecule has 0 fully saturated rings. The van der Waals surface area contributed by atoms with Crippen LogP contribution in [0.1, 0.15) is 108 Å². The molecule has 0 aliphatic rings. The molecule has 0 aliphatic heterocycles. The van der Waals surface area contributed by atoms with Crippen molar-refractivity contribution < 1.29 is 0 Å². The first-order valence-corrected chi connectivity index (χ1v) is 14.9. The van der Waals surface area contributed by atoms with E-state index in [9.17, 15) is 0 Å². The average Bonchev–Trinajstić information content (AvgIpc) is 3.00. The van der Waals surface area contributed by atoms with Crippen molar-refractivity contribution in [1.82, 2.24) is 44.9 Å². The summed E-state index contributed by atoms with van der Waals surface area (Å²) in [4.78, 5) is 42.6. The summed E-state index contributed by atoms with van der Waals surface area (Å²) < 4.78 is 0. The van der Waals surface area contributed by atoms with Crippen molar-refractivity contribution in [3.8, 4) is 45.6 Å². The van der Waals surface area contributed by atoms with E-state index < -0.39 is 0 Å². The van der Waals surface area contributed by atoms with Gasteiger partial charge in [0.05, 0.1) is 0 Å². The second kappa shape index (κ2) is 12.4. The van der Waals surface area contributed by atoms with E-state index in [1.54, 1.807) is 0 Å². The van der Waals surface area contributed by atoms with Crippen LogP contribution in [0.4, 0.5) is 0 Å². The number of hydrogen-bond donors (Lipinski definition) is 0. The number of rotatable bonds is 8. The summed E-state index contributed by atoms with van der Waals surface area (Å²) in [5, 5.41) is 0. The third-order valence-electron chi connectivity index (χ3n) is 6.93. The predicted molar refractivity (Wildman–Crippen MR) is 169 cm³/mol. The molecule has 0 bridgehead atoms. The van der Waals surface area contributed by atoms with Crippen LogP contribution < -0.4 is 0 Å². The topological polar surface area (TPSA) is 116 Å². The molecule has 0 atom stereocenters. The van der Waals surface area contributed by atoms with Gasteiger partial charge >= 0.3 is 0 Å². The van der Waals surface area contributed by atoms with Crippen molar-refractivity contribution in [3.05, 3.63) is 77.7 Å². The molecule has 9 nitrogen and oxygen atoms in total. The monoisotopic (exact) mass is 573 g/mol. The molecule has 0 radical (unpaired) electrons. The van der Waals surface area contributed by atoms with Gasteiger partial charge in [-0.15, -0.1) is 0 Å². The molecule has 3 heterocycles. The van der Waals surface area contributed by atoms with Crippen molar-refractivity contribution in [2.24, 2.45) is 0 Å². The van der Waals surface area contributed by atoms with Gasteiger partial charge in [-0.1, -0.05) is 97.9 Å². The Hall–Kier alpha value is -4.53. The van der Waals surface area contributed by atoms with E-state index in [1.165, 1.54) is 0 Å². The number of benzene rings is 2. The van der Waals surface area contributed by atoms with Crippen LogP contribution in [0.25, 0.3) is 45.6 Å². The lowest BCUT2D eigenvalue weighted by molar-refractivity contribution is 0.697. The molecule has 9 heteroatoms. The van der Waals surface area contributed by atoms with Crippen molar-refractivity contribution in [1.29, 1.82) is 0 Å². The number of nitrogens with zero attached hydrogens (tertiary/aromatic N) is 9. The Kier molecular flexibility index (Phi) is 8.62. The van der Waals surface area contributed by atoms with Gasteiger partial charge in [-0.2, -0.15) is 0 Å². The van der Waals surface area contributed by atoms with Gasteiger partial charge in [-0.05, 0) is 13.0 Å². The molecule has 0 aliphatic carbocycles. The van der Waals surface area contributed by atoms with E-state index in [-0.39, 0.29) is 23.7 Å². The predicted octanol–water partition coefficient (Wildman–Crippen LogP) is 7.71. The summed E-state index contributed by atoms with van der Waals surface area (Å²) in [6.07, 6.45) is 0. The van der Waals surface area contributed by atoms with Crippen LogP contribution in [0, 0.1) is 6.92 Å². The lowest BCUT2D eigenvalue weighted by Crippen LogP contribution is -2.08. The van der Waals surface area contributed by atoms with E-state index in [0.717, 1.165) is 45.6 Å². The minimum Gasteiger partial charge on any atom is -0.218 e. The molecular formula is C34H39N9. The highest BCUT2D eigenvalue weighted by Gasteiger charge is 2.17. The molecule has 0 saturated heterocycles. The largest absolute Gasteiger partial charge is 0.218 e. The Bertz CT molecular complexity index is 1720. The van der Waals surface area contributed by atoms with Crippen molar-refractivity contribution in [3.63, 3.8) is 0 Å². The fourth-order valence-electron chi connectivity index (χ4n) is 4.42. The van der Waals surface area contributed by atoms with E-state index in [4.69, 9.17) is 29.9 Å². The maximum Gasteiger partial charge on any atom is 0.163 e. The molecule has 0 N–H and O–H groups in total. The standard InChI is InChI=1S/C34H39N9/c1-18(2)27-35-22(9)36-33(38-27)25-11-10-12-26(17-25)34-42-30(21(7)8)41-32(43-34)24-15-13-23(14-16-24)31-39-28(19(3)4)37-29(40-31)20(5)6/h10-21H,1-9H3. The summed E-state index contributed by atoms with van der Waals surface area (Å²) in [6.45, 7) is 18.6. The molecule has 0 amide bonds. The van der Waals surface area contributed by atoms with Crippen LogP contribution in [0.5, 0.6) is 0 Å². The molecule has 0 saturated carbocycles. The number of aromatic nitrogens is 9. The van der Waals surface area contributed by atoms with E-state index >= 15 is 0 Å². The molecule has 220 valence electrons. The zero-order valence-corrected chi connectivity index (χ0v) is 26.5. The lowest BCUT2D eigenvalue weighted by Gasteiger charge is -2.12. The van der Waals surface area contributed by atoms with Gasteiger partial charge in [-0.25, -0.2) is 44.9 Å². The summed E-state index contributed by atoms with van der Waals surface area (Å²) in [5.74, 6) is 7.10. The van der Waals surface area contributed by atoms with Gasteiger partial charge in [0.2, 0.25) is 0 Å². The lowest BCUT2D eigenvalue weighted by atomic mass is 10.1. The van der Waals surface area contributed by atoms with Crippen LogP contribution in [-0.2, 0) is 0 Å². The Morgan fingerprint density at radius 1 is 0.372 bits per heavy atom. The molecule has 3 aromatic heterocycles. The van der Waals surface area contributed by atoms with Crippen LogP contribution >= 0.6 is 0 Å². The van der Waals surface area contributed by atoms with Crippen molar-refractivity contribution in [2.75, 3.05) is 0 Å². The van der Waals surface area contributed by atoms with Crippen LogP contribution in [0.2, 0.25) is 0 Å². The summed E-state index contributed by atoms with van der Waals surface area (Å²) in [7, 11) is 0. The van der Waals surface area contributed by atoms with Gasteiger partial charge in [0.25, 0.3) is 0 Å². The highest BCUT2D eigenvalue weighted by molar-refractivity contribution is 5.68. The molecule has 43 heavy (non-hydrogen) atoms. The zero-order chi connectivity index (χ0) is 30.8. The fraction of sp³-hybridized carbons (Fsp3) is 0.382. The van der Waals surface area contributed by atoms with Gasteiger partial charge in [0.15, 0.2) is 23.3 Å². The molecule has 2 aromatic carbocycles. The van der Waals surface area contributed by atoms with Crippen molar-refractivity contribution >= 4 is 0 Å². The van der Waals surface area contributed by atoms with Crippen LogP contribution in [-0.4, -0.2) is 44.9 Å². The fourth-order valence-corrected chi connectivity index (χ4v) is 4.42. The first-order chi connectivity index (χ1) is 20.5. The third-order valence-corrected chi connectivity index (χ3v) is 6.93. The van der Waals surface area contributed by atoms with E-state index in [0.29, 0.717) is 29.1 Å². The SMILES string of the molecule is Cc1nc(-c2cccc(-c3nc(-c4ccc(-c5nc(C(C)C)nc(C(C)C)n5)cc4)nc(C(C)C)n3)c2)nc(C(C)C)n1. The quantitative estimate of drug-likeness (QED) is 0.184. The first-order valence-electron chi connectivity index (χ1n) is 14.9. The van der Waals surface area contributed by atoms with E-state index in [1.807, 2.05) is 55.5 Å². The Balaban J connectivity index is 1.53. The third kappa shape index (κ3) is 6.77. The Morgan fingerprint density at radius 3 is 1.16 bits per heavy atom.